The zero-order valence-corrected chi connectivity index (χ0v) is 37.3. The summed E-state index contributed by atoms with van der Waals surface area (Å²) in [6.45, 7) is 13.7. The van der Waals surface area contributed by atoms with E-state index in [1.165, 1.54) is 48.5 Å². The smallest absolute Gasteiger partial charge is 0.296 e. The Morgan fingerprint density at radius 3 is 2.00 bits per heavy atom. The molecule has 0 aromatic heterocycles. The van der Waals surface area contributed by atoms with Crippen molar-refractivity contribution in [3.8, 4) is 23.0 Å². The number of rotatable bonds is 18. The number of aromatic hydroxyl groups is 2. The first-order chi connectivity index (χ1) is 29.4. The van der Waals surface area contributed by atoms with Crippen LogP contribution in [0.4, 0.5) is 22.7 Å². The summed E-state index contributed by atoms with van der Waals surface area (Å²) in [7, 11) is -9.97. The second kappa shape index (κ2) is 19.1. The number of ether oxygens (including phenoxy) is 3. The number of carbonyl (C=O) groups excluding carboxylic acids is 2. The maximum absolute atomic E-state index is 13.6. The van der Waals surface area contributed by atoms with Crippen LogP contribution in [0.3, 0.4) is 0 Å². The third kappa shape index (κ3) is 11.9. The number of carbonyl (C=O) groups is 2. The maximum atomic E-state index is 13.6. The lowest BCUT2D eigenvalue weighted by molar-refractivity contribution is -0.148. The monoisotopic (exact) mass is 906 g/mol. The van der Waals surface area contributed by atoms with Gasteiger partial charge in [-0.05, 0) is 107 Å². The lowest BCUT2D eigenvalue weighted by atomic mass is 9.76. The number of fused-ring (bicyclic) bond motifs is 1. The fourth-order valence-electron chi connectivity index (χ4n) is 6.22. The Labute approximate surface area is 365 Å². The summed E-state index contributed by atoms with van der Waals surface area (Å²) in [5.41, 5.74) is 1.15. The van der Waals surface area contributed by atoms with E-state index < -0.39 is 59.6 Å². The van der Waals surface area contributed by atoms with Crippen molar-refractivity contribution >= 4 is 65.6 Å². The summed E-state index contributed by atoms with van der Waals surface area (Å²) in [5.74, 6) is -1.32. The molecule has 63 heavy (non-hydrogen) atoms. The molecule has 0 aliphatic heterocycles. The molecule has 1 atom stereocenters. The summed E-state index contributed by atoms with van der Waals surface area (Å²) in [6.07, 6.45) is 0.287. The van der Waals surface area contributed by atoms with Gasteiger partial charge in [-0.15, -0.1) is 5.11 Å². The number of nitrogens with one attached hydrogen (secondary N) is 2. The van der Waals surface area contributed by atoms with Crippen molar-refractivity contribution in [3.63, 3.8) is 0 Å². The van der Waals surface area contributed by atoms with Crippen molar-refractivity contribution in [2.45, 2.75) is 88.2 Å². The summed E-state index contributed by atoms with van der Waals surface area (Å²) < 4.78 is 86.4. The molecule has 2 amide bonds. The van der Waals surface area contributed by atoms with Gasteiger partial charge in [0.15, 0.2) is 5.75 Å². The van der Waals surface area contributed by atoms with Crippen LogP contribution in [0, 0.1) is 0 Å². The average Bonchev–Trinajstić information content (AvgIpc) is 3.21. The Kier molecular flexibility index (Phi) is 14.5. The van der Waals surface area contributed by atoms with Crippen LogP contribution in [0.25, 0.3) is 10.8 Å². The van der Waals surface area contributed by atoms with Crippen LogP contribution >= 0.6 is 0 Å². The molecule has 19 heteroatoms. The van der Waals surface area contributed by atoms with Crippen molar-refractivity contribution in [1.29, 1.82) is 0 Å². The van der Waals surface area contributed by atoms with Crippen molar-refractivity contribution in [2.75, 3.05) is 23.8 Å². The van der Waals surface area contributed by atoms with E-state index in [4.69, 9.17) is 14.2 Å². The van der Waals surface area contributed by atoms with E-state index in [2.05, 4.69) is 68.5 Å². The van der Waals surface area contributed by atoms with Gasteiger partial charge < -0.3 is 35.1 Å². The zero-order chi connectivity index (χ0) is 46.5. The Bertz CT molecular complexity index is 2760. The number of phenolic OH excluding ortho intramolecular Hbond substituents is 2. The SMILES string of the molecule is CCC(C)(C)c1ccc(OC(OCCOc2ccc(N=Nc3c(S(=O)(=O)O)cc4cc(S(=O)(=O)O)cc(NC(C)=O)c4c3O)cc2)C(=O)Nc2ccc(O)cc2)c(C(C)(C)CC)c1. The van der Waals surface area contributed by atoms with E-state index in [9.17, 15) is 45.7 Å². The van der Waals surface area contributed by atoms with Gasteiger partial charge in [-0.1, -0.05) is 53.7 Å². The van der Waals surface area contributed by atoms with Crippen LogP contribution in [0.2, 0.25) is 0 Å². The minimum atomic E-state index is -5.11. The largest absolute Gasteiger partial charge is 0.508 e. The molecule has 0 aliphatic rings. The van der Waals surface area contributed by atoms with Gasteiger partial charge in [0.2, 0.25) is 5.91 Å². The lowest BCUT2D eigenvalue weighted by Gasteiger charge is -2.31. The molecule has 5 aromatic carbocycles. The molecule has 0 spiro atoms. The van der Waals surface area contributed by atoms with Crippen LogP contribution in [0.5, 0.6) is 23.0 Å². The molecule has 0 saturated heterocycles. The molecular formula is C44H50N4O13S2. The van der Waals surface area contributed by atoms with Crippen LogP contribution in [0.1, 0.15) is 72.4 Å². The second-order valence-corrected chi connectivity index (χ2v) is 18.7. The van der Waals surface area contributed by atoms with Gasteiger partial charge in [-0.3, -0.25) is 18.7 Å². The van der Waals surface area contributed by atoms with Crippen LogP contribution in [-0.2, 0) is 45.4 Å². The number of anilines is 2. The van der Waals surface area contributed by atoms with Crippen LogP contribution in [-0.4, -0.2) is 67.5 Å². The number of benzene rings is 5. The van der Waals surface area contributed by atoms with Gasteiger partial charge in [0.05, 0.1) is 22.9 Å². The van der Waals surface area contributed by atoms with Crippen LogP contribution < -0.4 is 20.1 Å². The highest BCUT2D eigenvalue weighted by atomic mass is 32.2. The van der Waals surface area contributed by atoms with Crippen molar-refractivity contribution in [3.05, 3.63) is 96.1 Å². The van der Waals surface area contributed by atoms with E-state index in [0.717, 1.165) is 49.1 Å². The minimum Gasteiger partial charge on any atom is -0.508 e. The number of hydrogen-bond acceptors (Lipinski definition) is 13. The number of azo groups is 1. The van der Waals surface area contributed by atoms with Gasteiger partial charge in [-0.2, -0.15) is 21.9 Å². The Morgan fingerprint density at radius 1 is 0.762 bits per heavy atom. The molecule has 0 aliphatic carbocycles. The molecule has 0 bridgehead atoms. The summed E-state index contributed by atoms with van der Waals surface area (Å²) >= 11 is 0. The third-order valence-corrected chi connectivity index (χ3v) is 12.3. The van der Waals surface area contributed by atoms with Crippen molar-refractivity contribution < 1.29 is 60.0 Å². The van der Waals surface area contributed by atoms with E-state index in [0.29, 0.717) is 17.2 Å². The Hall–Kier alpha value is -6.12. The maximum Gasteiger partial charge on any atom is 0.296 e. The van der Waals surface area contributed by atoms with E-state index in [1.807, 2.05) is 12.1 Å². The lowest BCUT2D eigenvalue weighted by Crippen LogP contribution is -2.37. The van der Waals surface area contributed by atoms with Crippen molar-refractivity contribution in [2.24, 2.45) is 10.2 Å². The number of amides is 2. The fourth-order valence-corrected chi connectivity index (χ4v) is 7.42. The van der Waals surface area contributed by atoms with Gasteiger partial charge in [0.25, 0.3) is 32.4 Å². The summed E-state index contributed by atoms with van der Waals surface area (Å²) in [6, 6.07) is 20.3. The Balaban J connectivity index is 1.36. The molecule has 0 radical (unpaired) electrons. The van der Waals surface area contributed by atoms with E-state index >= 15 is 0 Å². The molecule has 5 aromatic rings. The predicted molar refractivity (Wildman–Crippen MR) is 236 cm³/mol. The molecule has 0 heterocycles. The molecule has 336 valence electrons. The molecule has 6 N–H and O–H groups in total. The highest BCUT2D eigenvalue weighted by Gasteiger charge is 2.30. The molecule has 0 saturated carbocycles. The van der Waals surface area contributed by atoms with E-state index in [1.54, 1.807) is 0 Å². The van der Waals surface area contributed by atoms with Gasteiger partial charge in [-0.25, -0.2) is 0 Å². The zero-order valence-electron chi connectivity index (χ0n) is 35.7. The highest BCUT2D eigenvalue weighted by molar-refractivity contribution is 7.86. The summed E-state index contributed by atoms with van der Waals surface area (Å²) in [4.78, 5) is 23.9. The van der Waals surface area contributed by atoms with E-state index in [-0.39, 0.29) is 51.9 Å². The molecule has 1 unspecified atom stereocenters. The van der Waals surface area contributed by atoms with Crippen molar-refractivity contribution in [1.82, 2.24) is 0 Å². The first-order valence-corrected chi connectivity index (χ1v) is 22.6. The predicted octanol–water partition coefficient (Wildman–Crippen LogP) is 8.93. The van der Waals surface area contributed by atoms with Gasteiger partial charge >= 0.3 is 0 Å². The number of phenols is 2. The van der Waals surface area contributed by atoms with Crippen LogP contribution in [0.15, 0.2) is 105 Å². The first kappa shape index (κ1) is 47.9. The number of nitrogens with zero attached hydrogens (tertiary/aromatic N) is 2. The number of hydrogen-bond donors (Lipinski definition) is 6. The van der Waals surface area contributed by atoms with Gasteiger partial charge in [0, 0.05) is 23.6 Å². The molecule has 17 nitrogen and oxygen atoms in total. The third-order valence-electron chi connectivity index (χ3n) is 10.6. The standard InChI is InChI=1S/C44H50N4O13S2/c1-8-43(4,5)28-10-19-36(34(24-28)44(6,7)9-2)61-42(41(52)46-29-11-15-31(50)16-12-29)60-21-20-59-32-17-13-30(14-18-32)47-48-39-37(63(56,57)58)23-27-22-33(62(53,54)55)25-35(45-26(3)49)38(27)40(39)51/h10-19,22-25,42,50-51H,8-9,20-21H2,1-7H3,(H,45,49)(H,46,52)(H,53,54,55)(H,56,57,58). The summed E-state index contributed by atoms with van der Waals surface area (Å²) in [5, 5.41) is 33.3. The normalized spacial score (nSPS) is 12.9. The average molecular weight is 907 g/mol. The Morgan fingerprint density at radius 2 is 1.41 bits per heavy atom. The second-order valence-electron chi connectivity index (χ2n) is 15.9. The fraction of sp³-hybridized carbons (Fsp3) is 0.318. The quantitative estimate of drug-likeness (QED) is 0.0158. The minimum absolute atomic E-state index is 0.0295. The first-order valence-electron chi connectivity index (χ1n) is 19.7. The molecule has 0 fully saturated rings. The highest BCUT2D eigenvalue weighted by Crippen LogP contribution is 2.45. The topological polar surface area (TPSA) is 260 Å². The molecular weight excluding hydrogens is 857 g/mol. The van der Waals surface area contributed by atoms with Gasteiger partial charge in [0.1, 0.15) is 34.4 Å². The molecule has 5 rings (SSSR count).